The number of rotatable bonds is 3. The standard InChI is InChI=1S/C26H39N5O3/c1-19(32)28-12-7-22(8-13-28)27-23-9-14-29(15-10-23)26(34)31-17-24(25(33)18-31)30-11-6-20-4-2-3-5-21(20)16-30/h2-5,22-25,27,33H,6-18H2,1H3/t24?,25-/m1/s1. The molecule has 2 atom stereocenters. The number of urea groups is 1. The van der Waals surface area contributed by atoms with Gasteiger partial charge < -0.3 is 25.1 Å². The van der Waals surface area contributed by atoms with Crippen LogP contribution in [0.1, 0.15) is 43.7 Å². The fourth-order valence-corrected chi connectivity index (χ4v) is 6.22. The molecule has 3 fully saturated rings. The van der Waals surface area contributed by atoms with Gasteiger partial charge in [-0.2, -0.15) is 0 Å². The summed E-state index contributed by atoms with van der Waals surface area (Å²) in [5, 5.41) is 14.6. The van der Waals surface area contributed by atoms with E-state index in [2.05, 4.69) is 34.5 Å². The Hall–Kier alpha value is -2.16. The third-order valence-corrected chi connectivity index (χ3v) is 8.34. The van der Waals surface area contributed by atoms with Gasteiger partial charge in [0.15, 0.2) is 0 Å². The number of fused-ring (bicyclic) bond motifs is 1. The van der Waals surface area contributed by atoms with E-state index in [9.17, 15) is 14.7 Å². The second-order valence-electron chi connectivity index (χ2n) is 10.5. The molecule has 0 aliphatic carbocycles. The van der Waals surface area contributed by atoms with E-state index in [0.29, 0.717) is 25.2 Å². The number of aliphatic hydroxyl groups excluding tert-OH is 1. The summed E-state index contributed by atoms with van der Waals surface area (Å²) in [6.45, 7) is 7.66. The van der Waals surface area contributed by atoms with Crippen LogP contribution in [-0.2, 0) is 17.8 Å². The first-order valence-corrected chi connectivity index (χ1v) is 13.0. The van der Waals surface area contributed by atoms with Crippen molar-refractivity contribution in [3.63, 3.8) is 0 Å². The minimum absolute atomic E-state index is 0.0115. The quantitative estimate of drug-likeness (QED) is 0.697. The van der Waals surface area contributed by atoms with Crippen LogP contribution < -0.4 is 5.32 Å². The van der Waals surface area contributed by atoms with Crippen LogP contribution >= 0.6 is 0 Å². The summed E-state index contributed by atoms with van der Waals surface area (Å²) in [7, 11) is 0. The molecule has 8 heteroatoms. The summed E-state index contributed by atoms with van der Waals surface area (Å²) in [4.78, 5) is 32.9. The lowest BCUT2D eigenvalue weighted by atomic mass is 9.98. The Morgan fingerprint density at radius 2 is 1.47 bits per heavy atom. The second-order valence-corrected chi connectivity index (χ2v) is 10.5. The van der Waals surface area contributed by atoms with Crippen LogP contribution in [0.15, 0.2) is 24.3 Å². The van der Waals surface area contributed by atoms with E-state index in [1.54, 1.807) is 6.92 Å². The van der Waals surface area contributed by atoms with Crippen molar-refractivity contribution in [1.82, 2.24) is 24.9 Å². The molecule has 4 aliphatic rings. The maximum atomic E-state index is 13.2. The smallest absolute Gasteiger partial charge is 0.320 e. The molecule has 3 saturated heterocycles. The molecule has 0 radical (unpaired) electrons. The third kappa shape index (κ3) is 5.09. The van der Waals surface area contributed by atoms with Crippen molar-refractivity contribution in [3.05, 3.63) is 35.4 Å². The van der Waals surface area contributed by atoms with Gasteiger partial charge in [-0.25, -0.2) is 4.79 Å². The molecule has 1 aromatic rings. The summed E-state index contributed by atoms with van der Waals surface area (Å²) in [5.74, 6) is 0.171. The Balaban J connectivity index is 1.08. The number of nitrogens with one attached hydrogen (secondary N) is 1. The van der Waals surface area contributed by atoms with Crippen molar-refractivity contribution >= 4 is 11.9 Å². The Kier molecular flexibility index (Phi) is 7.09. The van der Waals surface area contributed by atoms with Gasteiger partial charge in [0.25, 0.3) is 0 Å². The summed E-state index contributed by atoms with van der Waals surface area (Å²) in [6, 6.07) is 9.53. The molecule has 186 valence electrons. The van der Waals surface area contributed by atoms with Gasteiger partial charge in [0.2, 0.25) is 5.91 Å². The number of benzene rings is 1. The van der Waals surface area contributed by atoms with Crippen LogP contribution in [0.3, 0.4) is 0 Å². The monoisotopic (exact) mass is 469 g/mol. The van der Waals surface area contributed by atoms with Crippen molar-refractivity contribution in [2.45, 2.75) is 69.8 Å². The van der Waals surface area contributed by atoms with Crippen molar-refractivity contribution in [1.29, 1.82) is 0 Å². The second kappa shape index (κ2) is 10.2. The van der Waals surface area contributed by atoms with Crippen LogP contribution in [-0.4, -0.2) is 107 Å². The van der Waals surface area contributed by atoms with Crippen LogP contribution in [0.4, 0.5) is 4.79 Å². The van der Waals surface area contributed by atoms with Crippen LogP contribution in [0.25, 0.3) is 0 Å². The number of carbonyl (C=O) groups is 2. The minimum atomic E-state index is -0.491. The maximum Gasteiger partial charge on any atom is 0.320 e. The first kappa shape index (κ1) is 23.6. The highest BCUT2D eigenvalue weighted by Crippen LogP contribution is 2.26. The van der Waals surface area contributed by atoms with Gasteiger partial charge in [0, 0.05) is 71.4 Å². The molecule has 0 saturated carbocycles. The molecule has 0 aromatic heterocycles. The van der Waals surface area contributed by atoms with Crippen molar-refractivity contribution < 1.29 is 14.7 Å². The zero-order valence-electron chi connectivity index (χ0n) is 20.4. The number of nitrogens with zero attached hydrogens (tertiary/aromatic N) is 4. The largest absolute Gasteiger partial charge is 0.390 e. The molecule has 34 heavy (non-hydrogen) atoms. The van der Waals surface area contributed by atoms with Gasteiger partial charge in [-0.1, -0.05) is 24.3 Å². The van der Waals surface area contributed by atoms with E-state index in [1.165, 1.54) is 11.1 Å². The minimum Gasteiger partial charge on any atom is -0.390 e. The lowest BCUT2D eigenvalue weighted by molar-refractivity contribution is -0.129. The van der Waals surface area contributed by atoms with Crippen LogP contribution in [0.2, 0.25) is 0 Å². The number of β-amino-alcohol motifs (C(OH)–C–C–N with tert-alkyl or cyclic N) is 1. The molecule has 3 amide bonds. The van der Waals surface area contributed by atoms with Crippen molar-refractivity contribution in [3.8, 4) is 0 Å². The zero-order valence-corrected chi connectivity index (χ0v) is 20.4. The van der Waals surface area contributed by atoms with Gasteiger partial charge in [0.1, 0.15) is 0 Å². The van der Waals surface area contributed by atoms with Crippen LogP contribution in [0.5, 0.6) is 0 Å². The maximum absolute atomic E-state index is 13.2. The van der Waals surface area contributed by atoms with E-state index in [1.807, 2.05) is 14.7 Å². The zero-order chi connectivity index (χ0) is 23.7. The average molecular weight is 470 g/mol. The van der Waals surface area contributed by atoms with E-state index >= 15 is 0 Å². The Labute approximate surface area is 202 Å². The summed E-state index contributed by atoms with van der Waals surface area (Å²) in [6.07, 6.45) is 4.44. The lowest BCUT2D eigenvalue weighted by Gasteiger charge is -2.38. The molecular formula is C26H39N5O3. The topological polar surface area (TPSA) is 79.4 Å². The first-order chi connectivity index (χ1) is 16.5. The Bertz CT molecular complexity index is 879. The van der Waals surface area contributed by atoms with Gasteiger partial charge in [-0.15, -0.1) is 0 Å². The number of likely N-dealkylation sites (tertiary alicyclic amines) is 3. The van der Waals surface area contributed by atoms with E-state index < -0.39 is 6.10 Å². The molecule has 0 bridgehead atoms. The molecule has 1 unspecified atom stereocenters. The highest BCUT2D eigenvalue weighted by molar-refractivity contribution is 5.75. The summed E-state index contributed by atoms with van der Waals surface area (Å²) >= 11 is 0. The summed E-state index contributed by atoms with van der Waals surface area (Å²) < 4.78 is 0. The average Bonchev–Trinajstić information content (AvgIpc) is 3.25. The fraction of sp³-hybridized carbons (Fsp3) is 0.692. The summed E-state index contributed by atoms with van der Waals surface area (Å²) in [5.41, 5.74) is 2.74. The number of amides is 3. The molecule has 4 heterocycles. The number of aliphatic hydroxyl groups is 1. The number of hydrogen-bond donors (Lipinski definition) is 2. The van der Waals surface area contributed by atoms with Gasteiger partial charge >= 0.3 is 6.03 Å². The third-order valence-electron chi connectivity index (χ3n) is 8.34. The number of piperidine rings is 2. The molecule has 4 aliphatic heterocycles. The highest BCUT2D eigenvalue weighted by atomic mass is 16.3. The van der Waals surface area contributed by atoms with E-state index in [0.717, 1.165) is 71.4 Å². The Morgan fingerprint density at radius 3 is 2.12 bits per heavy atom. The van der Waals surface area contributed by atoms with Gasteiger partial charge in [-0.3, -0.25) is 9.69 Å². The first-order valence-electron chi connectivity index (χ1n) is 13.0. The number of hydrogen-bond acceptors (Lipinski definition) is 5. The lowest BCUT2D eigenvalue weighted by Crippen LogP contribution is -2.53. The van der Waals surface area contributed by atoms with Crippen molar-refractivity contribution in [2.75, 3.05) is 45.8 Å². The fourth-order valence-electron chi connectivity index (χ4n) is 6.22. The van der Waals surface area contributed by atoms with Crippen LogP contribution in [0, 0.1) is 0 Å². The molecular weight excluding hydrogens is 430 g/mol. The van der Waals surface area contributed by atoms with Gasteiger partial charge in [-0.05, 0) is 43.2 Å². The van der Waals surface area contributed by atoms with Crippen molar-refractivity contribution in [2.24, 2.45) is 0 Å². The number of carbonyl (C=O) groups excluding carboxylic acids is 2. The SMILES string of the molecule is CC(=O)N1CCC(NC2CCN(C(=O)N3CC(N4CCc5ccccc5C4)[C@H](O)C3)CC2)CC1. The highest BCUT2D eigenvalue weighted by Gasteiger charge is 2.40. The predicted molar refractivity (Wildman–Crippen MR) is 130 cm³/mol. The molecule has 0 spiro atoms. The molecule has 1 aromatic carbocycles. The normalized spacial score (nSPS) is 27.2. The molecule has 5 rings (SSSR count). The molecule has 2 N–H and O–H groups in total. The van der Waals surface area contributed by atoms with Gasteiger partial charge in [0.05, 0.1) is 12.1 Å². The predicted octanol–water partition coefficient (Wildman–Crippen LogP) is 1.27. The van der Waals surface area contributed by atoms with E-state index in [4.69, 9.17) is 0 Å². The molecule has 8 nitrogen and oxygen atoms in total. The Morgan fingerprint density at radius 1 is 0.853 bits per heavy atom. The van der Waals surface area contributed by atoms with E-state index in [-0.39, 0.29) is 18.0 Å².